The number of β-amino-alcohol motifs (C(OH)–C–C–N with tert-alkyl or cyclic N) is 1. The number of thioether (sulfide) groups is 1. The number of rotatable bonds is 13. The number of fused-ring (bicyclic) bond motifs is 1. The van der Waals surface area contributed by atoms with Gasteiger partial charge in [0.15, 0.2) is 0 Å². The van der Waals surface area contributed by atoms with E-state index in [9.17, 15) is 19.5 Å². The number of likely N-dealkylation sites (tertiary alicyclic amines) is 1. The Bertz CT molecular complexity index is 927. The van der Waals surface area contributed by atoms with Crippen LogP contribution in [0.2, 0.25) is 0 Å². The molecular weight excluding hydrogens is 504 g/mol. The molecule has 4 rings (SSSR count). The molecule has 10 heteroatoms. The van der Waals surface area contributed by atoms with Crippen LogP contribution < -0.4 is 0 Å². The van der Waals surface area contributed by atoms with Crippen molar-refractivity contribution >= 4 is 29.5 Å². The summed E-state index contributed by atoms with van der Waals surface area (Å²) in [6, 6.07) is -0.708. The molecule has 0 aromatic heterocycles. The van der Waals surface area contributed by atoms with Crippen molar-refractivity contribution in [3.05, 3.63) is 25.3 Å². The lowest BCUT2D eigenvalue weighted by Gasteiger charge is -2.38. The van der Waals surface area contributed by atoms with E-state index >= 15 is 0 Å². The van der Waals surface area contributed by atoms with Crippen molar-refractivity contribution in [3.63, 3.8) is 0 Å². The predicted octanol–water partition coefficient (Wildman–Crippen LogP) is 1.23. The fourth-order valence-corrected chi connectivity index (χ4v) is 9.39. The molecule has 9 nitrogen and oxygen atoms in total. The molecule has 0 aliphatic carbocycles. The minimum absolute atomic E-state index is 0.0195. The molecule has 2 bridgehead atoms. The average Bonchev–Trinajstić information content (AvgIpc) is 3.47. The Balaban J connectivity index is 1.65. The van der Waals surface area contributed by atoms with E-state index in [2.05, 4.69) is 25.0 Å². The van der Waals surface area contributed by atoms with Gasteiger partial charge in [0.05, 0.1) is 36.4 Å². The summed E-state index contributed by atoms with van der Waals surface area (Å²) >= 11 is 1.68. The molecule has 4 heterocycles. The van der Waals surface area contributed by atoms with Gasteiger partial charge in [0.2, 0.25) is 17.7 Å². The molecule has 1 N–H and O–H groups in total. The topological polar surface area (TPSA) is 93.6 Å². The Morgan fingerprint density at radius 1 is 1.11 bits per heavy atom. The van der Waals surface area contributed by atoms with Crippen LogP contribution in [0.15, 0.2) is 25.3 Å². The lowest BCUT2D eigenvalue weighted by molar-refractivity contribution is -0.146. The molecule has 0 aromatic carbocycles. The van der Waals surface area contributed by atoms with Crippen molar-refractivity contribution in [2.75, 3.05) is 72.2 Å². The van der Waals surface area contributed by atoms with E-state index in [0.717, 1.165) is 32.5 Å². The highest BCUT2D eigenvalue weighted by molar-refractivity contribution is 8.02. The fourth-order valence-electron chi connectivity index (χ4n) is 7.05. The highest BCUT2D eigenvalue weighted by Crippen LogP contribution is 2.71. The van der Waals surface area contributed by atoms with E-state index in [1.54, 1.807) is 33.7 Å². The number of hydrogen-bond acceptors (Lipinski definition) is 7. The Labute approximate surface area is 231 Å². The molecule has 4 saturated heterocycles. The maximum absolute atomic E-state index is 14.3. The van der Waals surface area contributed by atoms with Gasteiger partial charge in [-0.1, -0.05) is 19.1 Å². The normalized spacial score (nSPS) is 32.3. The Kier molecular flexibility index (Phi) is 9.27. The van der Waals surface area contributed by atoms with Crippen LogP contribution in [0, 0.1) is 11.8 Å². The Morgan fingerprint density at radius 3 is 2.37 bits per heavy atom. The number of amides is 3. The summed E-state index contributed by atoms with van der Waals surface area (Å²) in [7, 11) is 0. The minimum Gasteiger partial charge on any atom is -0.395 e. The molecule has 1 spiro atoms. The molecule has 38 heavy (non-hydrogen) atoms. The van der Waals surface area contributed by atoms with Gasteiger partial charge in [-0.2, -0.15) is 0 Å². The Morgan fingerprint density at radius 2 is 1.76 bits per heavy atom. The first-order valence-electron chi connectivity index (χ1n) is 14.0. The number of hydrogen-bond donors (Lipinski definition) is 1. The number of nitrogens with zero attached hydrogens (tertiary/aromatic N) is 4. The third kappa shape index (κ3) is 5.05. The van der Waals surface area contributed by atoms with E-state index in [1.807, 2.05) is 11.8 Å². The van der Waals surface area contributed by atoms with Gasteiger partial charge in [-0.3, -0.25) is 19.3 Å². The maximum Gasteiger partial charge on any atom is 0.247 e. The first-order valence-corrected chi connectivity index (χ1v) is 14.8. The number of carbonyl (C=O) groups is 3. The van der Waals surface area contributed by atoms with Crippen molar-refractivity contribution < 1.29 is 24.2 Å². The SMILES string of the molecule is C=CCN(CCN1CCOCC1)C(=O)C1N(CCO)C(=O)[C@@H]2[C@@H](C(=O)N(CC=C)CCC)[C@@]3(C)CCC12S3. The first-order chi connectivity index (χ1) is 18.3. The largest absolute Gasteiger partial charge is 0.395 e. The van der Waals surface area contributed by atoms with Crippen LogP contribution in [0.5, 0.6) is 0 Å². The lowest BCUT2D eigenvalue weighted by Crippen LogP contribution is -2.56. The van der Waals surface area contributed by atoms with Gasteiger partial charge in [-0.25, -0.2) is 0 Å². The van der Waals surface area contributed by atoms with Crippen LogP contribution in [0.25, 0.3) is 0 Å². The van der Waals surface area contributed by atoms with Crippen molar-refractivity contribution in [3.8, 4) is 0 Å². The van der Waals surface area contributed by atoms with Crippen molar-refractivity contribution in [1.29, 1.82) is 0 Å². The smallest absolute Gasteiger partial charge is 0.247 e. The molecule has 2 unspecified atom stereocenters. The van der Waals surface area contributed by atoms with Crippen LogP contribution in [0.1, 0.15) is 33.1 Å². The van der Waals surface area contributed by atoms with Crippen molar-refractivity contribution in [2.24, 2.45) is 11.8 Å². The van der Waals surface area contributed by atoms with Crippen LogP contribution >= 0.6 is 11.8 Å². The predicted molar refractivity (Wildman–Crippen MR) is 149 cm³/mol. The van der Waals surface area contributed by atoms with Gasteiger partial charge in [0.1, 0.15) is 6.04 Å². The summed E-state index contributed by atoms with van der Waals surface area (Å²) in [5, 5.41) is 9.90. The fraction of sp³-hybridized carbons (Fsp3) is 0.750. The molecule has 0 radical (unpaired) electrons. The van der Waals surface area contributed by atoms with Crippen LogP contribution in [-0.4, -0.2) is 130 Å². The number of aliphatic hydroxyl groups is 1. The summed E-state index contributed by atoms with van der Waals surface area (Å²) in [6.07, 6.45) is 5.75. The highest BCUT2D eigenvalue weighted by atomic mass is 32.2. The van der Waals surface area contributed by atoms with Gasteiger partial charge in [0, 0.05) is 57.1 Å². The number of ether oxygens (including phenoxy) is 1. The zero-order valence-corrected chi connectivity index (χ0v) is 23.8. The van der Waals surface area contributed by atoms with Crippen molar-refractivity contribution in [1.82, 2.24) is 19.6 Å². The maximum atomic E-state index is 14.3. The van der Waals surface area contributed by atoms with Crippen LogP contribution in [-0.2, 0) is 19.1 Å². The summed E-state index contributed by atoms with van der Waals surface area (Å²) in [5.74, 6) is -1.38. The van der Waals surface area contributed by atoms with Gasteiger partial charge in [-0.15, -0.1) is 24.9 Å². The average molecular weight is 549 g/mol. The molecule has 4 aliphatic rings. The molecule has 4 aliphatic heterocycles. The molecule has 0 aromatic rings. The highest BCUT2D eigenvalue weighted by Gasteiger charge is 2.77. The summed E-state index contributed by atoms with van der Waals surface area (Å²) in [6.45, 7) is 17.4. The minimum atomic E-state index is -0.708. The molecule has 212 valence electrons. The van der Waals surface area contributed by atoms with E-state index in [4.69, 9.17) is 4.74 Å². The molecule has 5 atom stereocenters. The second kappa shape index (κ2) is 12.1. The second-order valence-corrected chi connectivity index (χ2v) is 13.0. The van der Waals surface area contributed by atoms with E-state index in [1.165, 1.54) is 0 Å². The summed E-state index contributed by atoms with van der Waals surface area (Å²) in [5.41, 5.74) is 0. The van der Waals surface area contributed by atoms with Gasteiger partial charge >= 0.3 is 0 Å². The number of aliphatic hydroxyl groups excluding tert-OH is 1. The molecule has 4 fully saturated rings. The summed E-state index contributed by atoms with van der Waals surface area (Å²) < 4.78 is 4.37. The third-order valence-electron chi connectivity index (χ3n) is 8.72. The van der Waals surface area contributed by atoms with Gasteiger partial charge in [0.25, 0.3) is 0 Å². The molecule has 3 amide bonds. The number of morpholine rings is 1. The zero-order valence-electron chi connectivity index (χ0n) is 23.0. The standard InChI is InChI=1S/C28H44N4O5S/c1-5-10-30(11-6-2)24(34)21-22-25(35)32(15-18-33)23(28(22)9-8-27(21,4)38-28)26(36)31(12-7-3)14-13-29-16-19-37-20-17-29/h5,7,21-23,33H,1,3,6,8-20H2,2,4H3/t21-,22-,23?,27+,28?/m0/s1. The van der Waals surface area contributed by atoms with E-state index < -0.39 is 27.4 Å². The second-order valence-electron chi connectivity index (χ2n) is 11.1. The zero-order chi connectivity index (χ0) is 27.5. The quantitative estimate of drug-likeness (QED) is 0.346. The Hall–Kier alpha value is -1.88. The van der Waals surface area contributed by atoms with Crippen molar-refractivity contribution in [2.45, 2.75) is 48.6 Å². The molecular formula is C28H44N4O5S. The van der Waals surface area contributed by atoms with E-state index in [0.29, 0.717) is 45.8 Å². The lowest BCUT2D eigenvalue weighted by atomic mass is 9.66. The first kappa shape index (κ1) is 29.1. The summed E-state index contributed by atoms with van der Waals surface area (Å²) in [4.78, 5) is 49.8. The third-order valence-corrected chi connectivity index (χ3v) is 10.7. The van der Waals surface area contributed by atoms with Gasteiger partial charge in [-0.05, 0) is 26.2 Å². The van der Waals surface area contributed by atoms with Crippen LogP contribution in [0.3, 0.4) is 0 Å². The van der Waals surface area contributed by atoms with Gasteiger partial charge < -0.3 is 24.5 Å². The monoisotopic (exact) mass is 548 g/mol. The molecule has 0 saturated carbocycles. The van der Waals surface area contributed by atoms with Crippen LogP contribution in [0.4, 0.5) is 0 Å². The number of carbonyl (C=O) groups excluding carboxylic acids is 3. The van der Waals surface area contributed by atoms with E-state index in [-0.39, 0.29) is 30.9 Å².